The van der Waals surface area contributed by atoms with Crippen LogP contribution in [0.15, 0.2) is 24.3 Å². The summed E-state index contributed by atoms with van der Waals surface area (Å²) in [5.74, 6) is -0.298. The van der Waals surface area contributed by atoms with Crippen molar-refractivity contribution in [3.05, 3.63) is 29.8 Å². The van der Waals surface area contributed by atoms with Gasteiger partial charge < -0.3 is 20.7 Å². The van der Waals surface area contributed by atoms with Crippen LogP contribution in [0.25, 0.3) is 0 Å². The Kier molecular flexibility index (Phi) is 4.53. The zero-order valence-corrected chi connectivity index (χ0v) is 13.5. The number of rotatable bonds is 4. The molecule has 3 amide bonds. The Labute approximate surface area is 140 Å². The van der Waals surface area contributed by atoms with Crippen LogP contribution in [0.4, 0.5) is 5.69 Å². The third kappa shape index (κ3) is 3.56. The predicted octanol–water partition coefficient (Wildman–Crippen LogP) is 0.607. The molecule has 0 aromatic heterocycles. The molecule has 1 saturated carbocycles. The van der Waals surface area contributed by atoms with Crippen LogP contribution in [0, 0.1) is 11.8 Å². The Morgan fingerprint density at radius 1 is 1.33 bits per heavy atom. The van der Waals surface area contributed by atoms with Crippen LogP contribution in [0.3, 0.4) is 0 Å². The van der Waals surface area contributed by atoms with Gasteiger partial charge in [-0.3, -0.25) is 14.4 Å². The van der Waals surface area contributed by atoms with Gasteiger partial charge in [0.25, 0.3) is 5.91 Å². The number of benzene rings is 1. The number of hydrogen-bond acceptors (Lipinski definition) is 4. The van der Waals surface area contributed by atoms with Crippen molar-refractivity contribution in [2.24, 2.45) is 17.6 Å². The fraction of sp³-hybridized carbons (Fsp3) is 0.471. The molecule has 2 fully saturated rings. The smallest absolute Gasteiger partial charge is 0.254 e. The van der Waals surface area contributed by atoms with Crippen LogP contribution in [-0.2, 0) is 14.3 Å². The second kappa shape index (κ2) is 6.60. The lowest BCUT2D eigenvalue weighted by atomic mass is 10.1. The number of morpholine rings is 1. The minimum absolute atomic E-state index is 0.00716. The lowest BCUT2D eigenvalue weighted by Crippen LogP contribution is -2.50. The van der Waals surface area contributed by atoms with Gasteiger partial charge in [0, 0.05) is 23.7 Å². The largest absolute Gasteiger partial charge is 0.367 e. The normalized spacial score (nSPS) is 25.9. The van der Waals surface area contributed by atoms with E-state index in [9.17, 15) is 14.4 Å². The average molecular weight is 331 g/mol. The van der Waals surface area contributed by atoms with E-state index in [1.165, 1.54) is 0 Å². The molecule has 1 saturated heterocycles. The minimum Gasteiger partial charge on any atom is -0.367 e. The summed E-state index contributed by atoms with van der Waals surface area (Å²) in [6.45, 7) is 2.86. The summed E-state index contributed by atoms with van der Waals surface area (Å²) in [6, 6.07) is 6.83. The van der Waals surface area contributed by atoms with Gasteiger partial charge in [-0.2, -0.15) is 0 Å². The molecule has 7 heteroatoms. The van der Waals surface area contributed by atoms with Gasteiger partial charge in [-0.1, -0.05) is 13.0 Å². The molecule has 0 bridgehead atoms. The van der Waals surface area contributed by atoms with Crippen molar-refractivity contribution in [2.75, 3.05) is 25.0 Å². The van der Waals surface area contributed by atoms with E-state index >= 15 is 0 Å². The fourth-order valence-corrected chi connectivity index (χ4v) is 2.84. The first kappa shape index (κ1) is 16.4. The maximum Gasteiger partial charge on any atom is 0.254 e. The number of ether oxygens (including phenoxy) is 1. The Morgan fingerprint density at radius 2 is 2.08 bits per heavy atom. The molecule has 7 nitrogen and oxygen atoms in total. The highest BCUT2D eigenvalue weighted by Crippen LogP contribution is 2.38. The van der Waals surface area contributed by atoms with Crippen LogP contribution in [0.2, 0.25) is 0 Å². The first-order valence-electron chi connectivity index (χ1n) is 8.07. The van der Waals surface area contributed by atoms with Crippen LogP contribution in [-0.4, -0.2) is 48.4 Å². The second-order valence-electron chi connectivity index (χ2n) is 6.40. The Bertz CT molecular complexity index is 676. The topological polar surface area (TPSA) is 102 Å². The summed E-state index contributed by atoms with van der Waals surface area (Å²) >= 11 is 0. The van der Waals surface area contributed by atoms with E-state index < -0.39 is 12.0 Å². The van der Waals surface area contributed by atoms with Gasteiger partial charge in [0.1, 0.15) is 0 Å². The molecule has 1 aliphatic heterocycles. The summed E-state index contributed by atoms with van der Waals surface area (Å²) < 4.78 is 5.25. The van der Waals surface area contributed by atoms with Gasteiger partial charge >= 0.3 is 0 Å². The maximum atomic E-state index is 12.6. The SMILES string of the molecule is C[C@@H]1C[C@H]1C(=O)Nc1cccc(C(=O)N2CCO[C@@H](C(N)=O)C2)c1. The minimum atomic E-state index is -0.776. The number of hydrogen-bond donors (Lipinski definition) is 2. The van der Waals surface area contributed by atoms with Gasteiger partial charge in [-0.15, -0.1) is 0 Å². The third-order valence-corrected chi connectivity index (χ3v) is 4.49. The highest BCUT2D eigenvalue weighted by Gasteiger charge is 2.39. The van der Waals surface area contributed by atoms with Crippen LogP contribution < -0.4 is 11.1 Å². The molecule has 128 valence electrons. The summed E-state index contributed by atoms with van der Waals surface area (Å²) in [5, 5.41) is 2.85. The van der Waals surface area contributed by atoms with Crippen molar-refractivity contribution >= 4 is 23.4 Å². The molecule has 1 aliphatic carbocycles. The van der Waals surface area contributed by atoms with E-state index in [1.54, 1.807) is 29.2 Å². The van der Waals surface area contributed by atoms with Gasteiger partial charge in [-0.25, -0.2) is 0 Å². The van der Waals surface area contributed by atoms with Crippen molar-refractivity contribution < 1.29 is 19.1 Å². The van der Waals surface area contributed by atoms with E-state index in [4.69, 9.17) is 10.5 Å². The molecule has 3 N–H and O–H groups in total. The molecular formula is C17H21N3O4. The van der Waals surface area contributed by atoms with Crippen LogP contribution >= 0.6 is 0 Å². The number of carbonyl (C=O) groups excluding carboxylic acids is 3. The summed E-state index contributed by atoms with van der Waals surface area (Å²) in [4.78, 5) is 37.4. The molecule has 24 heavy (non-hydrogen) atoms. The van der Waals surface area contributed by atoms with E-state index in [1.807, 2.05) is 6.92 Å². The molecule has 1 aromatic rings. The highest BCUT2D eigenvalue weighted by atomic mass is 16.5. The number of amides is 3. The standard InChI is InChI=1S/C17H21N3O4/c1-10-7-13(10)16(22)19-12-4-2-3-11(8-12)17(23)20-5-6-24-14(9-20)15(18)21/h2-4,8,10,13-14H,5-7,9H2,1H3,(H2,18,21)(H,19,22)/t10-,13-,14-/m1/s1. The maximum absolute atomic E-state index is 12.6. The second-order valence-corrected chi connectivity index (χ2v) is 6.40. The first-order valence-corrected chi connectivity index (χ1v) is 8.07. The monoisotopic (exact) mass is 331 g/mol. The zero-order valence-electron chi connectivity index (χ0n) is 13.5. The van der Waals surface area contributed by atoms with Crippen molar-refractivity contribution in [1.29, 1.82) is 0 Å². The van der Waals surface area contributed by atoms with Gasteiger partial charge in [0.15, 0.2) is 6.10 Å². The van der Waals surface area contributed by atoms with Crippen LogP contribution in [0.1, 0.15) is 23.7 Å². The van der Waals surface area contributed by atoms with Crippen molar-refractivity contribution in [3.8, 4) is 0 Å². The third-order valence-electron chi connectivity index (χ3n) is 4.49. The molecule has 2 aliphatic rings. The van der Waals surface area contributed by atoms with Gasteiger partial charge in [0.05, 0.1) is 13.2 Å². The molecule has 3 atom stereocenters. The molecule has 0 spiro atoms. The summed E-state index contributed by atoms with van der Waals surface area (Å²) in [6.07, 6.45) is 0.133. The quantitative estimate of drug-likeness (QED) is 0.844. The van der Waals surface area contributed by atoms with E-state index in [2.05, 4.69) is 5.32 Å². The van der Waals surface area contributed by atoms with Crippen molar-refractivity contribution in [2.45, 2.75) is 19.4 Å². The number of nitrogens with one attached hydrogen (secondary N) is 1. The van der Waals surface area contributed by atoms with Crippen LogP contribution in [0.5, 0.6) is 0 Å². The highest BCUT2D eigenvalue weighted by molar-refractivity contribution is 5.98. The molecule has 0 unspecified atom stereocenters. The summed E-state index contributed by atoms with van der Waals surface area (Å²) in [7, 11) is 0. The average Bonchev–Trinajstić information content (AvgIpc) is 3.31. The predicted molar refractivity (Wildman–Crippen MR) is 87.2 cm³/mol. The van der Waals surface area contributed by atoms with E-state index in [0.29, 0.717) is 23.7 Å². The number of nitrogens with two attached hydrogens (primary N) is 1. The fourth-order valence-electron chi connectivity index (χ4n) is 2.84. The Balaban J connectivity index is 1.67. The van der Waals surface area contributed by atoms with Crippen molar-refractivity contribution in [1.82, 2.24) is 4.90 Å². The number of primary amides is 1. The lowest BCUT2D eigenvalue weighted by Gasteiger charge is -2.31. The number of anilines is 1. The van der Waals surface area contributed by atoms with E-state index in [-0.39, 0.29) is 30.9 Å². The molecular weight excluding hydrogens is 310 g/mol. The Hall–Kier alpha value is -2.41. The first-order chi connectivity index (χ1) is 11.5. The number of carbonyl (C=O) groups is 3. The molecule has 1 aromatic carbocycles. The molecule has 3 rings (SSSR count). The van der Waals surface area contributed by atoms with Crippen molar-refractivity contribution in [3.63, 3.8) is 0 Å². The Morgan fingerprint density at radius 3 is 2.75 bits per heavy atom. The van der Waals surface area contributed by atoms with Gasteiger partial charge in [0.2, 0.25) is 11.8 Å². The zero-order chi connectivity index (χ0) is 17.3. The number of nitrogens with zero attached hydrogens (tertiary/aromatic N) is 1. The summed E-state index contributed by atoms with van der Waals surface area (Å²) in [5.41, 5.74) is 6.30. The van der Waals surface area contributed by atoms with E-state index in [0.717, 1.165) is 6.42 Å². The molecule has 0 radical (unpaired) electrons. The van der Waals surface area contributed by atoms with Gasteiger partial charge in [-0.05, 0) is 30.5 Å². The molecule has 1 heterocycles. The lowest BCUT2D eigenvalue weighted by molar-refractivity contribution is -0.133.